The van der Waals surface area contributed by atoms with Gasteiger partial charge in [-0.1, -0.05) is 89.8 Å². The van der Waals surface area contributed by atoms with E-state index in [-0.39, 0.29) is 4.90 Å². The highest BCUT2D eigenvalue weighted by atomic mass is 32.2. The molecule has 1 N–H and O–H groups in total. The van der Waals surface area contributed by atoms with Crippen LogP contribution < -0.4 is 14.4 Å². The lowest BCUT2D eigenvalue weighted by Gasteiger charge is -2.24. The highest BCUT2D eigenvalue weighted by Gasteiger charge is 2.27. The topological polar surface area (TPSA) is 101 Å². The molecule has 0 bridgehead atoms. The van der Waals surface area contributed by atoms with Gasteiger partial charge in [-0.05, 0) is 54.1 Å². The Morgan fingerprint density at radius 3 is 2.08 bits per heavy atom. The number of aromatic nitrogens is 2. The van der Waals surface area contributed by atoms with Crippen molar-refractivity contribution in [2.24, 2.45) is 0 Å². The largest absolute Gasteiger partial charge is 0.457 e. The van der Waals surface area contributed by atoms with Crippen LogP contribution in [0, 0.1) is 0 Å². The molecule has 4 aromatic carbocycles. The number of rotatable bonds is 11. The van der Waals surface area contributed by atoms with Crippen LogP contribution in [0.15, 0.2) is 124 Å². The third kappa shape index (κ3) is 7.06. The molecule has 40 heavy (non-hydrogen) atoms. The van der Waals surface area contributed by atoms with Crippen LogP contribution in [0.2, 0.25) is 0 Å². The fraction of sp³-hybridized carbons (Fsp3) is 0.0690. The number of para-hydroxylation sites is 1. The third-order valence-corrected chi connectivity index (χ3v) is 9.41. The summed E-state index contributed by atoms with van der Waals surface area (Å²) in [7, 11) is -4.05. The third-order valence-electron chi connectivity index (χ3n) is 5.58. The Balaban J connectivity index is 1.31. The van der Waals surface area contributed by atoms with Crippen molar-refractivity contribution in [3.05, 3.63) is 121 Å². The van der Waals surface area contributed by atoms with Crippen LogP contribution in [0.4, 0.5) is 10.8 Å². The van der Waals surface area contributed by atoms with Crippen LogP contribution in [0.1, 0.15) is 5.56 Å². The standard InChI is InChI=1S/C29H24N4O4S3/c34-27(30-28-31-32-29(39-28)38-21-22-10-4-1-5-11-22)20-33(40(35,36)26-14-8-3-9-15-26)23-16-18-25(19-17-23)37-24-12-6-2-7-13-24/h1-19H,20-21H2,(H,30,31,34). The Morgan fingerprint density at radius 1 is 0.800 bits per heavy atom. The van der Waals surface area contributed by atoms with E-state index >= 15 is 0 Å². The molecule has 202 valence electrons. The molecule has 1 heterocycles. The van der Waals surface area contributed by atoms with Crippen LogP contribution in [0.25, 0.3) is 0 Å². The minimum absolute atomic E-state index is 0.0722. The van der Waals surface area contributed by atoms with Gasteiger partial charge in [-0.15, -0.1) is 10.2 Å². The van der Waals surface area contributed by atoms with E-state index in [0.29, 0.717) is 26.7 Å². The lowest BCUT2D eigenvalue weighted by molar-refractivity contribution is -0.114. The van der Waals surface area contributed by atoms with Crippen molar-refractivity contribution in [1.82, 2.24) is 10.2 Å². The fourth-order valence-electron chi connectivity index (χ4n) is 3.67. The molecule has 1 amide bonds. The minimum Gasteiger partial charge on any atom is -0.457 e. The number of sulfonamides is 1. The molecular weight excluding hydrogens is 565 g/mol. The van der Waals surface area contributed by atoms with Gasteiger partial charge in [0, 0.05) is 5.75 Å². The van der Waals surface area contributed by atoms with Crippen LogP contribution in [0.3, 0.4) is 0 Å². The van der Waals surface area contributed by atoms with Gasteiger partial charge in [0.1, 0.15) is 18.0 Å². The van der Waals surface area contributed by atoms with E-state index in [1.165, 1.54) is 35.2 Å². The van der Waals surface area contributed by atoms with E-state index in [0.717, 1.165) is 15.6 Å². The van der Waals surface area contributed by atoms with Gasteiger partial charge in [-0.25, -0.2) is 8.42 Å². The summed E-state index contributed by atoms with van der Waals surface area (Å²) in [4.78, 5) is 13.1. The molecule has 0 saturated carbocycles. The molecule has 11 heteroatoms. The Morgan fingerprint density at radius 2 is 1.40 bits per heavy atom. The number of thioether (sulfide) groups is 1. The Kier molecular flexibility index (Phi) is 8.74. The number of hydrogen-bond donors (Lipinski definition) is 1. The number of hydrogen-bond acceptors (Lipinski definition) is 8. The van der Waals surface area contributed by atoms with Crippen LogP contribution in [-0.2, 0) is 20.6 Å². The number of nitrogens with zero attached hydrogens (tertiary/aromatic N) is 3. The zero-order valence-electron chi connectivity index (χ0n) is 21.1. The van der Waals surface area contributed by atoms with E-state index in [1.54, 1.807) is 42.5 Å². The van der Waals surface area contributed by atoms with Gasteiger partial charge >= 0.3 is 0 Å². The van der Waals surface area contributed by atoms with E-state index in [4.69, 9.17) is 4.74 Å². The molecule has 0 aliphatic rings. The summed E-state index contributed by atoms with van der Waals surface area (Å²) >= 11 is 2.75. The van der Waals surface area contributed by atoms with Gasteiger partial charge in [-0.3, -0.25) is 14.4 Å². The van der Waals surface area contributed by atoms with Gasteiger partial charge in [0.15, 0.2) is 4.34 Å². The maximum Gasteiger partial charge on any atom is 0.264 e. The van der Waals surface area contributed by atoms with Gasteiger partial charge < -0.3 is 4.74 Å². The number of benzene rings is 4. The number of carbonyl (C=O) groups is 1. The summed E-state index contributed by atoms with van der Waals surface area (Å²) in [6.45, 7) is -0.456. The monoisotopic (exact) mass is 588 g/mol. The molecule has 5 aromatic rings. The molecule has 1 aromatic heterocycles. The van der Waals surface area contributed by atoms with Crippen molar-refractivity contribution in [3.63, 3.8) is 0 Å². The normalized spacial score (nSPS) is 11.1. The summed E-state index contributed by atoms with van der Waals surface area (Å²) in [5.74, 6) is 1.36. The predicted octanol–water partition coefficient (Wildman–Crippen LogP) is 6.46. The van der Waals surface area contributed by atoms with Crippen molar-refractivity contribution in [2.75, 3.05) is 16.2 Å². The molecular formula is C29H24N4O4S3. The molecule has 0 atom stereocenters. The summed E-state index contributed by atoms with van der Waals surface area (Å²) in [5.41, 5.74) is 1.46. The average Bonchev–Trinajstić information content (AvgIpc) is 3.44. The van der Waals surface area contributed by atoms with Gasteiger partial charge in [0.2, 0.25) is 11.0 Å². The first kappa shape index (κ1) is 27.4. The lowest BCUT2D eigenvalue weighted by atomic mass is 10.2. The minimum atomic E-state index is -4.05. The molecule has 5 rings (SSSR count). The molecule has 0 aliphatic heterocycles. The highest BCUT2D eigenvalue weighted by Crippen LogP contribution is 2.30. The molecule has 0 spiro atoms. The van der Waals surface area contributed by atoms with Gasteiger partial charge in [-0.2, -0.15) is 0 Å². The van der Waals surface area contributed by atoms with Crippen molar-refractivity contribution < 1.29 is 17.9 Å². The Hall–Kier alpha value is -4.19. The summed E-state index contributed by atoms with van der Waals surface area (Å²) in [6.07, 6.45) is 0. The van der Waals surface area contributed by atoms with Gasteiger partial charge in [0.05, 0.1) is 10.6 Å². The smallest absolute Gasteiger partial charge is 0.264 e. The number of anilines is 2. The first-order valence-corrected chi connectivity index (χ1v) is 15.4. The summed E-state index contributed by atoms with van der Waals surface area (Å²) in [6, 6.07) is 33.7. The lowest BCUT2D eigenvalue weighted by Crippen LogP contribution is -2.38. The number of amides is 1. The van der Waals surface area contributed by atoms with Crippen molar-refractivity contribution >= 4 is 49.8 Å². The first-order valence-electron chi connectivity index (χ1n) is 12.2. The SMILES string of the molecule is O=C(CN(c1ccc(Oc2ccccc2)cc1)S(=O)(=O)c1ccccc1)Nc1nnc(SCc2ccccc2)s1. The fourth-order valence-corrected chi connectivity index (χ4v) is 6.83. The molecule has 0 unspecified atom stereocenters. The maximum atomic E-state index is 13.6. The van der Waals surface area contributed by atoms with Crippen molar-refractivity contribution in [3.8, 4) is 11.5 Å². The van der Waals surface area contributed by atoms with Gasteiger partial charge in [0.25, 0.3) is 10.0 Å². The molecule has 0 radical (unpaired) electrons. The summed E-state index contributed by atoms with van der Waals surface area (Å²) < 4.78 is 34.8. The second kappa shape index (κ2) is 12.8. The molecule has 0 aliphatic carbocycles. The van der Waals surface area contributed by atoms with Crippen LogP contribution in [0.5, 0.6) is 11.5 Å². The zero-order valence-corrected chi connectivity index (χ0v) is 23.5. The number of ether oxygens (including phenoxy) is 1. The predicted molar refractivity (Wildman–Crippen MR) is 158 cm³/mol. The second-order valence-corrected chi connectivity index (χ2v) is 12.5. The molecule has 0 fully saturated rings. The number of carbonyl (C=O) groups excluding carboxylic acids is 1. The molecule has 8 nitrogen and oxygen atoms in total. The van der Waals surface area contributed by atoms with E-state index in [9.17, 15) is 13.2 Å². The quantitative estimate of drug-likeness (QED) is 0.140. The van der Waals surface area contributed by atoms with Crippen LogP contribution in [-0.4, -0.2) is 31.1 Å². The van der Waals surface area contributed by atoms with E-state index < -0.39 is 22.5 Å². The first-order chi connectivity index (χ1) is 19.5. The average molecular weight is 589 g/mol. The number of nitrogens with one attached hydrogen (secondary N) is 1. The van der Waals surface area contributed by atoms with Crippen molar-refractivity contribution in [2.45, 2.75) is 15.0 Å². The Labute approximate surface area is 240 Å². The van der Waals surface area contributed by atoms with E-state index in [2.05, 4.69) is 15.5 Å². The summed E-state index contributed by atoms with van der Waals surface area (Å²) in [5, 5.41) is 11.2. The highest BCUT2D eigenvalue weighted by molar-refractivity contribution is 8.00. The Bertz CT molecular complexity index is 1650. The van der Waals surface area contributed by atoms with Crippen molar-refractivity contribution in [1.29, 1.82) is 0 Å². The molecule has 0 saturated heterocycles. The second-order valence-electron chi connectivity index (χ2n) is 8.43. The maximum absolute atomic E-state index is 13.6. The zero-order chi connectivity index (χ0) is 27.8. The van der Waals surface area contributed by atoms with E-state index in [1.807, 2.05) is 60.7 Å². The van der Waals surface area contributed by atoms with Crippen LogP contribution >= 0.6 is 23.1 Å².